The summed E-state index contributed by atoms with van der Waals surface area (Å²) >= 11 is 0. The number of ether oxygens (including phenoxy) is 1. The molecular formula is C23H24FN3O2. The van der Waals surface area contributed by atoms with Crippen molar-refractivity contribution in [2.24, 2.45) is 0 Å². The number of anilines is 1. The van der Waals surface area contributed by atoms with Crippen molar-refractivity contribution < 1.29 is 13.9 Å². The molecule has 1 heterocycles. The molecule has 150 valence electrons. The molecular weight excluding hydrogens is 369 g/mol. The molecule has 29 heavy (non-hydrogen) atoms. The molecule has 1 fully saturated rings. The van der Waals surface area contributed by atoms with E-state index in [1.807, 2.05) is 24.8 Å². The number of nitriles is 1. The maximum absolute atomic E-state index is 14.6. The first-order chi connectivity index (χ1) is 14.0. The van der Waals surface area contributed by atoms with Crippen LogP contribution in [0.3, 0.4) is 0 Å². The molecule has 6 heteroatoms. The van der Waals surface area contributed by atoms with Crippen molar-refractivity contribution in [2.45, 2.75) is 32.6 Å². The third-order valence-corrected chi connectivity index (χ3v) is 4.73. The Labute approximate surface area is 170 Å². The lowest BCUT2D eigenvalue weighted by atomic mass is 10.1. The minimum atomic E-state index is -0.309. The van der Waals surface area contributed by atoms with Crippen LogP contribution in [0.15, 0.2) is 48.5 Å². The SMILES string of the molecule is CC1CN(c2ccc(CNC(=O)/C=C/c3ccccc3C#N)cc2F)CC(C)O1. The van der Waals surface area contributed by atoms with Gasteiger partial charge in [0.15, 0.2) is 0 Å². The zero-order valence-corrected chi connectivity index (χ0v) is 16.6. The molecule has 0 spiro atoms. The second-order valence-corrected chi connectivity index (χ2v) is 7.20. The molecule has 0 saturated carbocycles. The van der Waals surface area contributed by atoms with Gasteiger partial charge in [-0.15, -0.1) is 0 Å². The lowest BCUT2D eigenvalue weighted by Gasteiger charge is -2.37. The summed E-state index contributed by atoms with van der Waals surface area (Å²) in [5.74, 6) is -0.616. The minimum absolute atomic E-state index is 0.0510. The molecule has 1 aliphatic rings. The molecule has 2 aromatic rings. The Bertz CT molecular complexity index is 941. The number of carbonyl (C=O) groups is 1. The number of nitrogens with zero attached hydrogens (tertiary/aromatic N) is 2. The number of benzene rings is 2. The average molecular weight is 393 g/mol. The van der Waals surface area contributed by atoms with Gasteiger partial charge in [-0.1, -0.05) is 24.3 Å². The van der Waals surface area contributed by atoms with Crippen LogP contribution in [0.1, 0.15) is 30.5 Å². The number of nitrogens with one attached hydrogen (secondary N) is 1. The highest BCUT2D eigenvalue weighted by Crippen LogP contribution is 2.24. The molecule has 0 bridgehead atoms. The maximum Gasteiger partial charge on any atom is 0.244 e. The Morgan fingerprint density at radius 1 is 1.28 bits per heavy atom. The molecule has 2 unspecified atom stereocenters. The first-order valence-electron chi connectivity index (χ1n) is 9.60. The van der Waals surface area contributed by atoms with E-state index >= 15 is 0 Å². The molecule has 2 aromatic carbocycles. The van der Waals surface area contributed by atoms with Gasteiger partial charge in [-0.25, -0.2) is 4.39 Å². The number of amides is 1. The van der Waals surface area contributed by atoms with Crippen LogP contribution in [0.5, 0.6) is 0 Å². The number of hydrogen-bond donors (Lipinski definition) is 1. The Morgan fingerprint density at radius 3 is 2.69 bits per heavy atom. The third kappa shape index (κ3) is 5.43. The summed E-state index contributed by atoms with van der Waals surface area (Å²) in [7, 11) is 0. The second-order valence-electron chi connectivity index (χ2n) is 7.20. The number of carbonyl (C=O) groups excluding carboxylic acids is 1. The Balaban J connectivity index is 1.60. The third-order valence-electron chi connectivity index (χ3n) is 4.73. The zero-order chi connectivity index (χ0) is 20.8. The fraction of sp³-hybridized carbons (Fsp3) is 0.304. The van der Waals surface area contributed by atoms with Crippen molar-refractivity contribution >= 4 is 17.7 Å². The van der Waals surface area contributed by atoms with Crippen LogP contribution in [0.4, 0.5) is 10.1 Å². The molecule has 1 saturated heterocycles. The molecule has 0 aromatic heterocycles. The van der Waals surface area contributed by atoms with E-state index in [2.05, 4.69) is 11.4 Å². The van der Waals surface area contributed by atoms with Crippen LogP contribution in [0.2, 0.25) is 0 Å². The zero-order valence-electron chi connectivity index (χ0n) is 16.6. The topological polar surface area (TPSA) is 65.4 Å². The number of hydrogen-bond acceptors (Lipinski definition) is 4. The summed E-state index contributed by atoms with van der Waals surface area (Å²) in [4.78, 5) is 14.1. The van der Waals surface area contributed by atoms with Gasteiger partial charge >= 0.3 is 0 Å². The fourth-order valence-electron chi connectivity index (χ4n) is 3.45. The average Bonchev–Trinajstić information content (AvgIpc) is 2.70. The van der Waals surface area contributed by atoms with E-state index < -0.39 is 0 Å². The Hall–Kier alpha value is -3.17. The van der Waals surface area contributed by atoms with Gasteiger partial charge in [-0.3, -0.25) is 4.79 Å². The summed E-state index contributed by atoms with van der Waals surface area (Å²) in [5, 5.41) is 11.8. The van der Waals surface area contributed by atoms with Gasteiger partial charge in [0.25, 0.3) is 0 Å². The van der Waals surface area contributed by atoms with Crippen molar-refractivity contribution in [1.82, 2.24) is 5.32 Å². The van der Waals surface area contributed by atoms with Crippen LogP contribution in [0, 0.1) is 17.1 Å². The summed E-state index contributed by atoms with van der Waals surface area (Å²) in [6, 6.07) is 14.1. The van der Waals surface area contributed by atoms with Gasteiger partial charge in [-0.2, -0.15) is 5.26 Å². The van der Waals surface area contributed by atoms with Crippen LogP contribution in [-0.2, 0) is 16.1 Å². The molecule has 3 rings (SSSR count). The van der Waals surface area contributed by atoms with Gasteiger partial charge in [-0.05, 0) is 49.2 Å². The van der Waals surface area contributed by atoms with Gasteiger partial charge in [0, 0.05) is 25.7 Å². The molecule has 2 atom stereocenters. The lowest BCUT2D eigenvalue weighted by Crippen LogP contribution is -2.45. The first kappa shape index (κ1) is 20.6. The lowest BCUT2D eigenvalue weighted by molar-refractivity contribution is -0.116. The molecule has 1 amide bonds. The van der Waals surface area contributed by atoms with Crippen LogP contribution in [-0.4, -0.2) is 31.2 Å². The van der Waals surface area contributed by atoms with E-state index in [0.29, 0.717) is 35.5 Å². The van der Waals surface area contributed by atoms with E-state index in [4.69, 9.17) is 10.00 Å². The van der Waals surface area contributed by atoms with E-state index in [9.17, 15) is 9.18 Å². The highest BCUT2D eigenvalue weighted by atomic mass is 19.1. The van der Waals surface area contributed by atoms with Crippen molar-refractivity contribution in [3.63, 3.8) is 0 Å². The Morgan fingerprint density at radius 2 is 2.00 bits per heavy atom. The monoisotopic (exact) mass is 393 g/mol. The van der Waals surface area contributed by atoms with E-state index in [-0.39, 0.29) is 30.5 Å². The van der Waals surface area contributed by atoms with Gasteiger partial charge in [0.05, 0.1) is 29.5 Å². The van der Waals surface area contributed by atoms with E-state index in [1.165, 1.54) is 12.1 Å². The molecule has 0 aliphatic carbocycles. The van der Waals surface area contributed by atoms with Gasteiger partial charge in [0.1, 0.15) is 5.82 Å². The summed E-state index contributed by atoms with van der Waals surface area (Å²) < 4.78 is 20.3. The first-order valence-corrected chi connectivity index (χ1v) is 9.60. The van der Waals surface area contributed by atoms with Crippen molar-refractivity contribution in [3.05, 3.63) is 71.0 Å². The predicted molar refractivity (Wildman–Crippen MR) is 111 cm³/mol. The van der Waals surface area contributed by atoms with Gasteiger partial charge < -0.3 is 15.0 Å². The molecule has 1 N–H and O–H groups in total. The van der Waals surface area contributed by atoms with Crippen molar-refractivity contribution in [2.75, 3.05) is 18.0 Å². The van der Waals surface area contributed by atoms with E-state index in [1.54, 1.807) is 36.4 Å². The van der Waals surface area contributed by atoms with Crippen molar-refractivity contribution in [3.8, 4) is 6.07 Å². The highest BCUT2D eigenvalue weighted by Gasteiger charge is 2.24. The largest absolute Gasteiger partial charge is 0.372 e. The predicted octanol–water partition coefficient (Wildman–Crippen LogP) is 3.64. The number of morpholine rings is 1. The summed E-state index contributed by atoms with van der Waals surface area (Å²) in [6.07, 6.45) is 3.07. The number of halogens is 1. The highest BCUT2D eigenvalue weighted by molar-refractivity contribution is 5.92. The normalized spacial score (nSPS) is 19.2. The van der Waals surface area contributed by atoms with Crippen LogP contribution in [0.25, 0.3) is 6.08 Å². The summed E-state index contributed by atoms with van der Waals surface area (Å²) in [5.41, 5.74) is 2.41. The van der Waals surface area contributed by atoms with E-state index in [0.717, 1.165) is 0 Å². The molecule has 1 aliphatic heterocycles. The number of rotatable bonds is 5. The second kappa shape index (κ2) is 9.35. The smallest absolute Gasteiger partial charge is 0.244 e. The molecule has 5 nitrogen and oxygen atoms in total. The van der Waals surface area contributed by atoms with Gasteiger partial charge in [0.2, 0.25) is 5.91 Å². The Kier molecular flexibility index (Phi) is 6.63. The van der Waals surface area contributed by atoms with Crippen LogP contribution < -0.4 is 10.2 Å². The quantitative estimate of drug-likeness (QED) is 0.788. The maximum atomic E-state index is 14.6. The fourth-order valence-corrected chi connectivity index (χ4v) is 3.45. The van der Waals surface area contributed by atoms with Crippen LogP contribution >= 0.6 is 0 Å². The van der Waals surface area contributed by atoms with Crippen molar-refractivity contribution in [1.29, 1.82) is 5.26 Å². The standard InChI is InChI=1S/C23H24FN3O2/c1-16-14-27(15-17(2)29-16)22-9-7-18(11-21(22)24)13-26-23(28)10-8-19-5-3-4-6-20(19)12-25/h3-11,16-17H,13-15H2,1-2H3,(H,26,28)/b10-8+. The minimum Gasteiger partial charge on any atom is -0.372 e. The molecule has 0 radical (unpaired) electrons. The summed E-state index contributed by atoms with van der Waals surface area (Å²) in [6.45, 7) is 5.47.